The van der Waals surface area contributed by atoms with Gasteiger partial charge in [0.15, 0.2) is 0 Å². The van der Waals surface area contributed by atoms with Gasteiger partial charge in [-0.25, -0.2) is 0 Å². The highest BCUT2D eigenvalue weighted by Gasteiger charge is 2.36. The molecule has 1 aliphatic rings. The summed E-state index contributed by atoms with van der Waals surface area (Å²) >= 11 is 0. The summed E-state index contributed by atoms with van der Waals surface area (Å²) in [6.45, 7) is 6.48. The molecule has 18 heavy (non-hydrogen) atoms. The SMILES string of the molecule is CNC(C1CCCOC1)C(C)(C)c1ccccc1. The summed E-state index contributed by atoms with van der Waals surface area (Å²) in [6, 6.07) is 11.3. The Kier molecular flexibility index (Phi) is 4.41. The molecule has 1 aromatic carbocycles. The maximum Gasteiger partial charge on any atom is 0.0509 e. The highest BCUT2D eigenvalue weighted by molar-refractivity contribution is 5.26. The largest absolute Gasteiger partial charge is 0.381 e. The van der Waals surface area contributed by atoms with Crippen molar-refractivity contribution >= 4 is 0 Å². The zero-order valence-corrected chi connectivity index (χ0v) is 11.8. The van der Waals surface area contributed by atoms with E-state index < -0.39 is 0 Å². The zero-order valence-electron chi connectivity index (χ0n) is 11.8. The van der Waals surface area contributed by atoms with E-state index in [-0.39, 0.29) is 5.41 Å². The van der Waals surface area contributed by atoms with Gasteiger partial charge in [-0.3, -0.25) is 0 Å². The van der Waals surface area contributed by atoms with Gasteiger partial charge in [-0.05, 0) is 31.4 Å². The second kappa shape index (κ2) is 5.85. The Morgan fingerprint density at radius 1 is 1.28 bits per heavy atom. The van der Waals surface area contributed by atoms with Crippen molar-refractivity contribution in [2.45, 2.75) is 38.1 Å². The highest BCUT2D eigenvalue weighted by Crippen LogP contribution is 2.33. The number of benzene rings is 1. The molecule has 1 heterocycles. The van der Waals surface area contributed by atoms with E-state index in [1.807, 2.05) is 0 Å². The van der Waals surface area contributed by atoms with Crippen molar-refractivity contribution in [2.75, 3.05) is 20.3 Å². The summed E-state index contributed by atoms with van der Waals surface area (Å²) in [6.07, 6.45) is 2.45. The van der Waals surface area contributed by atoms with Crippen LogP contribution in [0.15, 0.2) is 30.3 Å². The minimum absolute atomic E-state index is 0.126. The molecule has 2 unspecified atom stereocenters. The van der Waals surface area contributed by atoms with Crippen LogP contribution in [0, 0.1) is 5.92 Å². The van der Waals surface area contributed by atoms with Gasteiger partial charge >= 0.3 is 0 Å². The molecule has 2 rings (SSSR count). The van der Waals surface area contributed by atoms with E-state index >= 15 is 0 Å². The Bertz CT molecular complexity index is 355. The lowest BCUT2D eigenvalue weighted by molar-refractivity contribution is 0.0284. The number of hydrogen-bond donors (Lipinski definition) is 1. The van der Waals surface area contributed by atoms with Crippen LogP contribution in [-0.4, -0.2) is 26.3 Å². The Morgan fingerprint density at radius 3 is 2.56 bits per heavy atom. The molecular weight excluding hydrogens is 222 g/mol. The van der Waals surface area contributed by atoms with Crippen LogP contribution in [0.25, 0.3) is 0 Å². The van der Waals surface area contributed by atoms with Gasteiger partial charge in [-0.1, -0.05) is 44.2 Å². The van der Waals surface area contributed by atoms with E-state index in [4.69, 9.17) is 4.74 Å². The molecule has 1 aliphatic heterocycles. The first-order valence-corrected chi connectivity index (χ1v) is 6.97. The molecule has 0 radical (unpaired) electrons. The van der Waals surface area contributed by atoms with Crippen LogP contribution in [0.4, 0.5) is 0 Å². The summed E-state index contributed by atoms with van der Waals surface area (Å²) in [5, 5.41) is 3.53. The molecule has 0 aliphatic carbocycles. The lowest BCUT2D eigenvalue weighted by Crippen LogP contribution is -2.50. The van der Waals surface area contributed by atoms with Gasteiger partial charge in [0.2, 0.25) is 0 Å². The molecular formula is C16H25NO. The third-order valence-electron chi connectivity index (χ3n) is 4.27. The molecule has 1 N–H and O–H groups in total. The number of ether oxygens (including phenoxy) is 1. The zero-order chi connectivity index (χ0) is 13.0. The fraction of sp³-hybridized carbons (Fsp3) is 0.625. The fourth-order valence-corrected chi connectivity index (χ4v) is 3.26. The molecule has 2 heteroatoms. The van der Waals surface area contributed by atoms with Crippen LogP contribution in [0.3, 0.4) is 0 Å². The van der Waals surface area contributed by atoms with Crippen molar-refractivity contribution in [3.63, 3.8) is 0 Å². The average molecular weight is 247 g/mol. The molecule has 2 nitrogen and oxygen atoms in total. The van der Waals surface area contributed by atoms with E-state index in [2.05, 4.69) is 56.5 Å². The fourth-order valence-electron chi connectivity index (χ4n) is 3.26. The summed E-state index contributed by atoms with van der Waals surface area (Å²) < 4.78 is 5.66. The predicted molar refractivity (Wildman–Crippen MR) is 75.9 cm³/mol. The number of nitrogens with one attached hydrogen (secondary N) is 1. The molecule has 100 valence electrons. The minimum atomic E-state index is 0.126. The highest BCUT2D eigenvalue weighted by atomic mass is 16.5. The van der Waals surface area contributed by atoms with E-state index in [0.717, 1.165) is 13.2 Å². The quantitative estimate of drug-likeness (QED) is 0.883. The number of likely N-dealkylation sites (N-methyl/N-ethyl adjacent to an activating group) is 1. The molecule has 0 spiro atoms. The van der Waals surface area contributed by atoms with E-state index in [1.165, 1.54) is 18.4 Å². The normalized spacial score (nSPS) is 22.7. The molecule has 1 saturated heterocycles. The van der Waals surface area contributed by atoms with Crippen molar-refractivity contribution in [3.8, 4) is 0 Å². The molecule has 0 saturated carbocycles. The lowest BCUT2D eigenvalue weighted by atomic mass is 9.71. The van der Waals surface area contributed by atoms with Crippen LogP contribution in [0.2, 0.25) is 0 Å². The first-order valence-electron chi connectivity index (χ1n) is 6.97. The van der Waals surface area contributed by atoms with Gasteiger partial charge in [0, 0.05) is 18.1 Å². The topological polar surface area (TPSA) is 21.3 Å². The standard InChI is InChI=1S/C16H25NO/c1-16(2,14-9-5-4-6-10-14)15(17-3)13-8-7-11-18-12-13/h4-6,9-10,13,15,17H,7-8,11-12H2,1-3H3. The lowest BCUT2D eigenvalue weighted by Gasteiger charge is -2.41. The number of hydrogen-bond acceptors (Lipinski definition) is 2. The van der Waals surface area contributed by atoms with Gasteiger partial charge in [0.1, 0.15) is 0 Å². The van der Waals surface area contributed by atoms with Crippen molar-refractivity contribution in [3.05, 3.63) is 35.9 Å². The first kappa shape index (κ1) is 13.6. The molecule has 0 bridgehead atoms. The second-order valence-electron chi connectivity index (χ2n) is 5.83. The van der Waals surface area contributed by atoms with E-state index in [1.54, 1.807) is 0 Å². The van der Waals surface area contributed by atoms with Gasteiger partial charge in [0.25, 0.3) is 0 Å². The Balaban J connectivity index is 2.19. The maximum absolute atomic E-state index is 5.66. The van der Waals surface area contributed by atoms with Gasteiger partial charge in [0.05, 0.1) is 6.61 Å². The summed E-state index contributed by atoms with van der Waals surface area (Å²) in [5.74, 6) is 0.610. The van der Waals surface area contributed by atoms with E-state index in [9.17, 15) is 0 Å². The van der Waals surface area contributed by atoms with Crippen molar-refractivity contribution in [2.24, 2.45) is 5.92 Å². The Labute approximate surface area is 111 Å². The minimum Gasteiger partial charge on any atom is -0.381 e. The van der Waals surface area contributed by atoms with Crippen LogP contribution in [0.1, 0.15) is 32.3 Å². The molecule has 1 aromatic rings. The summed E-state index contributed by atoms with van der Waals surface area (Å²) in [4.78, 5) is 0. The third kappa shape index (κ3) is 2.76. The number of rotatable bonds is 4. The maximum atomic E-state index is 5.66. The van der Waals surface area contributed by atoms with Crippen LogP contribution < -0.4 is 5.32 Å². The smallest absolute Gasteiger partial charge is 0.0509 e. The van der Waals surface area contributed by atoms with Crippen molar-refractivity contribution in [1.29, 1.82) is 0 Å². The Morgan fingerprint density at radius 2 is 2.00 bits per heavy atom. The molecule has 2 atom stereocenters. The van der Waals surface area contributed by atoms with Crippen LogP contribution >= 0.6 is 0 Å². The first-order chi connectivity index (χ1) is 8.66. The van der Waals surface area contributed by atoms with Gasteiger partial charge < -0.3 is 10.1 Å². The predicted octanol–water partition coefficient (Wildman–Crippen LogP) is 2.98. The molecule has 0 aromatic heterocycles. The van der Waals surface area contributed by atoms with E-state index in [0.29, 0.717) is 12.0 Å². The molecule has 1 fully saturated rings. The van der Waals surface area contributed by atoms with Gasteiger partial charge in [-0.15, -0.1) is 0 Å². The van der Waals surface area contributed by atoms with Crippen molar-refractivity contribution in [1.82, 2.24) is 5.32 Å². The monoisotopic (exact) mass is 247 g/mol. The summed E-state index contributed by atoms with van der Waals surface area (Å²) in [7, 11) is 2.07. The van der Waals surface area contributed by atoms with Crippen LogP contribution in [-0.2, 0) is 10.2 Å². The van der Waals surface area contributed by atoms with Gasteiger partial charge in [-0.2, -0.15) is 0 Å². The second-order valence-corrected chi connectivity index (χ2v) is 5.83. The molecule has 0 amide bonds. The average Bonchev–Trinajstić information content (AvgIpc) is 2.41. The van der Waals surface area contributed by atoms with Crippen molar-refractivity contribution < 1.29 is 4.74 Å². The summed E-state index contributed by atoms with van der Waals surface area (Å²) in [5.41, 5.74) is 1.52. The van der Waals surface area contributed by atoms with Crippen LogP contribution in [0.5, 0.6) is 0 Å². The third-order valence-corrected chi connectivity index (χ3v) is 4.27. The Hall–Kier alpha value is -0.860.